The van der Waals surface area contributed by atoms with Crippen molar-refractivity contribution in [2.75, 3.05) is 0 Å². The number of carbonyl (C=O) groups is 2. The van der Waals surface area contributed by atoms with E-state index in [1.165, 1.54) is 0 Å². The summed E-state index contributed by atoms with van der Waals surface area (Å²) < 4.78 is 0. The van der Waals surface area contributed by atoms with Crippen LogP contribution in [0.4, 0.5) is 0 Å². The highest BCUT2D eigenvalue weighted by Gasteiger charge is 2.17. The maximum atomic E-state index is 11.6. The van der Waals surface area contributed by atoms with Crippen molar-refractivity contribution in [3.63, 3.8) is 0 Å². The maximum Gasteiger partial charge on any atom is 0.220 e. The van der Waals surface area contributed by atoms with Gasteiger partial charge in [0.25, 0.3) is 0 Å². The molecule has 0 aliphatic rings. The van der Waals surface area contributed by atoms with Crippen molar-refractivity contribution in [3.05, 3.63) is 35.9 Å². The van der Waals surface area contributed by atoms with E-state index in [1.54, 1.807) is 6.92 Å². The molecule has 1 aromatic carbocycles. The first-order valence-corrected chi connectivity index (χ1v) is 6.35. The molecule has 1 unspecified atom stereocenters. The molecule has 0 saturated heterocycles. The molecule has 1 amide bonds. The van der Waals surface area contributed by atoms with Crippen molar-refractivity contribution < 1.29 is 9.59 Å². The van der Waals surface area contributed by atoms with Gasteiger partial charge in [-0.3, -0.25) is 9.59 Å². The molecule has 3 heteroatoms. The van der Waals surface area contributed by atoms with E-state index in [4.69, 9.17) is 0 Å². The molecule has 0 aliphatic heterocycles. The largest absolute Gasteiger partial charge is 0.354 e. The molecular formula is C15H21NO2. The molecule has 0 bridgehead atoms. The normalized spacial score (nSPS) is 12.2. The summed E-state index contributed by atoms with van der Waals surface area (Å²) in [4.78, 5) is 23.2. The molecule has 1 atom stereocenters. The molecule has 98 valence electrons. The Hall–Kier alpha value is -1.64. The number of benzene rings is 1. The fourth-order valence-electron chi connectivity index (χ4n) is 1.96. The summed E-state index contributed by atoms with van der Waals surface area (Å²) in [7, 11) is 0. The summed E-state index contributed by atoms with van der Waals surface area (Å²) in [5.74, 6) is -0.0603. The number of ketones is 1. The average Bonchev–Trinajstić information content (AvgIpc) is 2.29. The molecule has 1 rings (SSSR count). The van der Waals surface area contributed by atoms with E-state index in [0.717, 1.165) is 5.56 Å². The van der Waals surface area contributed by atoms with Crippen LogP contribution in [0.15, 0.2) is 30.3 Å². The Balaban J connectivity index is 2.60. The molecule has 1 aromatic rings. The van der Waals surface area contributed by atoms with Gasteiger partial charge in [-0.1, -0.05) is 30.3 Å². The van der Waals surface area contributed by atoms with Crippen LogP contribution < -0.4 is 5.32 Å². The van der Waals surface area contributed by atoms with E-state index < -0.39 is 0 Å². The van der Waals surface area contributed by atoms with Gasteiger partial charge in [0.05, 0.1) is 0 Å². The van der Waals surface area contributed by atoms with Crippen molar-refractivity contribution in [1.29, 1.82) is 0 Å². The monoisotopic (exact) mass is 247 g/mol. The second kappa shape index (κ2) is 6.94. The molecule has 0 saturated carbocycles. The summed E-state index contributed by atoms with van der Waals surface area (Å²) in [5.41, 5.74) is 0.988. The maximum absolute atomic E-state index is 11.6. The summed E-state index contributed by atoms with van der Waals surface area (Å²) in [6.45, 7) is 5.44. The minimum absolute atomic E-state index is 0.00665. The first-order valence-electron chi connectivity index (χ1n) is 6.35. The van der Waals surface area contributed by atoms with Gasteiger partial charge in [-0.15, -0.1) is 0 Å². The van der Waals surface area contributed by atoms with Gasteiger partial charge >= 0.3 is 0 Å². The zero-order valence-corrected chi connectivity index (χ0v) is 11.3. The van der Waals surface area contributed by atoms with Gasteiger partial charge in [-0.05, 0) is 32.8 Å². The van der Waals surface area contributed by atoms with Crippen LogP contribution in [0.3, 0.4) is 0 Å². The van der Waals surface area contributed by atoms with Crippen molar-refractivity contribution >= 4 is 11.7 Å². The SMILES string of the molecule is CC(=O)C(CCC(=O)NC(C)C)c1ccccc1. The van der Waals surface area contributed by atoms with E-state index in [1.807, 2.05) is 44.2 Å². The Morgan fingerprint density at radius 2 is 1.78 bits per heavy atom. The van der Waals surface area contributed by atoms with E-state index in [-0.39, 0.29) is 23.7 Å². The zero-order chi connectivity index (χ0) is 13.5. The molecule has 0 radical (unpaired) electrons. The van der Waals surface area contributed by atoms with E-state index in [2.05, 4.69) is 5.32 Å². The molecule has 1 N–H and O–H groups in total. The van der Waals surface area contributed by atoms with Crippen LogP contribution in [-0.2, 0) is 9.59 Å². The Labute approximate surface area is 109 Å². The van der Waals surface area contributed by atoms with Crippen LogP contribution in [0.25, 0.3) is 0 Å². The van der Waals surface area contributed by atoms with Crippen LogP contribution in [-0.4, -0.2) is 17.7 Å². The second-order valence-corrected chi connectivity index (χ2v) is 4.83. The van der Waals surface area contributed by atoms with Crippen molar-refractivity contribution in [2.24, 2.45) is 0 Å². The van der Waals surface area contributed by atoms with Crippen molar-refractivity contribution in [2.45, 2.75) is 45.6 Å². The van der Waals surface area contributed by atoms with Gasteiger partial charge in [0, 0.05) is 18.4 Å². The zero-order valence-electron chi connectivity index (χ0n) is 11.3. The first-order chi connectivity index (χ1) is 8.50. The third kappa shape index (κ3) is 4.70. The fraction of sp³-hybridized carbons (Fsp3) is 0.467. The van der Waals surface area contributed by atoms with Gasteiger partial charge in [-0.2, -0.15) is 0 Å². The molecule has 18 heavy (non-hydrogen) atoms. The highest BCUT2D eigenvalue weighted by Crippen LogP contribution is 2.22. The summed E-state index contributed by atoms with van der Waals surface area (Å²) in [6.07, 6.45) is 0.954. The number of Topliss-reactive ketones (excluding diaryl/α,β-unsaturated/α-hetero) is 1. The quantitative estimate of drug-likeness (QED) is 0.840. The third-order valence-electron chi connectivity index (χ3n) is 2.80. The lowest BCUT2D eigenvalue weighted by Crippen LogP contribution is -2.30. The number of carbonyl (C=O) groups excluding carboxylic acids is 2. The lowest BCUT2D eigenvalue weighted by atomic mass is 9.91. The van der Waals surface area contributed by atoms with Gasteiger partial charge in [0.2, 0.25) is 5.91 Å². The Kier molecular flexibility index (Phi) is 5.56. The smallest absolute Gasteiger partial charge is 0.220 e. The predicted molar refractivity (Wildman–Crippen MR) is 72.4 cm³/mol. The Morgan fingerprint density at radius 1 is 1.17 bits per heavy atom. The van der Waals surface area contributed by atoms with Crippen molar-refractivity contribution in [3.8, 4) is 0 Å². The second-order valence-electron chi connectivity index (χ2n) is 4.83. The van der Waals surface area contributed by atoms with E-state index >= 15 is 0 Å². The summed E-state index contributed by atoms with van der Waals surface area (Å²) in [6, 6.07) is 9.77. The van der Waals surface area contributed by atoms with E-state index in [9.17, 15) is 9.59 Å². The highest BCUT2D eigenvalue weighted by atomic mass is 16.1. The molecular weight excluding hydrogens is 226 g/mol. The lowest BCUT2D eigenvalue weighted by molar-refractivity contribution is -0.122. The van der Waals surface area contributed by atoms with Gasteiger partial charge in [-0.25, -0.2) is 0 Å². The van der Waals surface area contributed by atoms with Crippen LogP contribution in [0.2, 0.25) is 0 Å². The van der Waals surface area contributed by atoms with Crippen LogP contribution in [0.5, 0.6) is 0 Å². The third-order valence-corrected chi connectivity index (χ3v) is 2.80. The van der Waals surface area contributed by atoms with Crippen LogP contribution in [0.1, 0.15) is 45.1 Å². The van der Waals surface area contributed by atoms with Crippen molar-refractivity contribution in [1.82, 2.24) is 5.32 Å². The van der Waals surface area contributed by atoms with Gasteiger partial charge in [0.15, 0.2) is 0 Å². The number of rotatable bonds is 6. The van der Waals surface area contributed by atoms with Gasteiger partial charge < -0.3 is 5.32 Å². The summed E-state index contributed by atoms with van der Waals surface area (Å²) >= 11 is 0. The average molecular weight is 247 g/mol. The minimum Gasteiger partial charge on any atom is -0.354 e. The number of amides is 1. The summed E-state index contributed by atoms with van der Waals surface area (Å²) in [5, 5.41) is 2.84. The molecule has 0 aliphatic carbocycles. The molecule has 0 aromatic heterocycles. The molecule has 3 nitrogen and oxygen atoms in total. The highest BCUT2D eigenvalue weighted by molar-refractivity contribution is 5.84. The van der Waals surface area contributed by atoms with E-state index in [0.29, 0.717) is 12.8 Å². The number of hydrogen-bond acceptors (Lipinski definition) is 2. The Morgan fingerprint density at radius 3 is 2.28 bits per heavy atom. The number of hydrogen-bond donors (Lipinski definition) is 1. The standard InChI is InChI=1S/C15H21NO2/c1-11(2)16-15(18)10-9-14(12(3)17)13-7-5-4-6-8-13/h4-8,11,14H,9-10H2,1-3H3,(H,16,18). The van der Waals surface area contributed by atoms with Crippen LogP contribution >= 0.6 is 0 Å². The molecule has 0 heterocycles. The molecule has 0 spiro atoms. The first kappa shape index (κ1) is 14.4. The molecule has 0 fully saturated rings. The topological polar surface area (TPSA) is 46.2 Å². The van der Waals surface area contributed by atoms with Gasteiger partial charge in [0.1, 0.15) is 5.78 Å². The lowest BCUT2D eigenvalue weighted by Gasteiger charge is -2.14. The van der Waals surface area contributed by atoms with Crippen LogP contribution in [0, 0.1) is 0 Å². The minimum atomic E-state index is -0.177. The Bertz CT molecular complexity index is 398. The predicted octanol–water partition coefficient (Wildman–Crippen LogP) is 2.66. The number of nitrogens with one attached hydrogen (secondary N) is 1. The fourth-order valence-corrected chi connectivity index (χ4v) is 1.96.